The Labute approximate surface area is 103 Å². The van der Waals surface area contributed by atoms with Crippen LogP contribution in [0.15, 0.2) is 18.2 Å². The van der Waals surface area contributed by atoms with Crippen molar-refractivity contribution in [3.8, 4) is 0 Å². The van der Waals surface area contributed by atoms with Crippen LogP contribution in [0.4, 0.5) is 5.69 Å². The van der Waals surface area contributed by atoms with Crippen LogP contribution in [0.5, 0.6) is 0 Å². The molecule has 5 heteroatoms. The number of hydrogen-bond acceptors (Lipinski definition) is 2. The molecular weight excluding hydrogens is 325 g/mol. The summed E-state index contributed by atoms with van der Waals surface area (Å²) in [6.45, 7) is 2.00. The Kier molecular flexibility index (Phi) is 2.94. The first-order chi connectivity index (χ1) is 6.99. The zero-order valence-electron chi connectivity index (χ0n) is 8.33. The van der Waals surface area contributed by atoms with Crippen molar-refractivity contribution in [2.24, 2.45) is 0 Å². The second-order valence-corrected chi connectivity index (χ2v) is 6.93. The predicted molar refractivity (Wildman–Crippen MR) is 69.5 cm³/mol. The monoisotopic (exact) mass is 337 g/mol. The van der Waals surface area contributed by atoms with E-state index in [1.54, 1.807) is 6.07 Å². The first-order valence-electron chi connectivity index (χ1n) is 4.77. The Balaban J connectivity index is 2.21. The van der Waals surface area contributed by atoms with Crippen LogP contribution in [-0.4, -0.2) is 13.7 Å². The molecule has 0 aliphatic heterocycles. The quantitative estimate of drug-likeness (QED) is 0.862. The van der Waals surface area contributed by atoms with Gasteiger partial charge in [0.1, 0.15) is 0 Å². The van der Waals surface area contributed by atoms with Crippen LogP contribution in [0.1, 0.15) is 18.4 Å². The molecule has 0 radical (unpaired) electrons. The summed E-state index contributed by atoms with van der Waals surface area (Å²) in [5.41, 5.74) is 1.82. The molecule has 0 amide bonds. The van der Waals surface area contributed by atoms with Gasteiger partial charge in [-0.25, -0.2) is 8.42 Å². The Morgan fingerprint density at radius 3 is 2.60 bits per heavy atom. The van der Waals surface area contributed by atoms with E-state index >= 15 is 0 Å². The summed E-state index contributed by atoms with van der Waals surface area (Å²) < 4.78 is 27.0. The van der Waals surface area contributed by atoms with Gasteiger partial charge in [-0.2, -0.15) is 0 Å². The van der Waals surface area contributed by atoms with Crippen molar-refractivity contribution >= 4 is 38.3 Å². The van der Waals surface area contributed by atoms with Crippen LogP contribution in [0, 0.1) is 10.5 Å². The maximum Gasteiger partial charge on any atom is 0.235 e. The maximum atomic E-state index is 11.6. The summed E-state index contributed by atoms with van der Waals surface area (Å²) in [5.74, 6) is 0. The number of rotatable bonds is 3. The number of hydrogen-bond donors (Lipinski definition) is 1. The highest BCUT2D eigenvalue weighted by Gasteiger charge is 2.35. The smallest absolute Gasteiger partial charge is 0.235 e. The molecule has 0 aromatic heterocycles. The summed E-state index contributed by atoms with van der Waals surface area (Å²) in [4.78, 5) is 0. The molecule has 1 N–H and O–H groups in total. The maximum absolute atomic E-state index is 11.6. The van der Waals surface area contributed by atoms with E-state index in [0.717, 1.165) is 22.0 Å². The van der Waals surface area contributed by atoms with Crippen LogP contribution in [-0.2, 0) is 10.0 Å². The molecule has 82 valence electrons. The van der Waals surface area contributed by atoms with E-state index in [4.69, 9.17) is 0 Å². The van der Waals surface area contributed by atoms with Gasteiger partial charge in [0, 0.05) is 9.26 Å². The molecular formula is C10H12INO2S. The lowest BCUT2D eigenvalue weighted by atomic mass is 10.2. The minimum absolute atomic E-state index is 0.170. The number of sulfonamides is 1. The molecule has 0 bridgehead atoms. The van der Waals surface area contributed by atoms with Gasteiger partial charge in [-0.1, -0.05) is 6.07 Å². The molecule has 0 atom stereocenters. The minimum Gasteiger partial charge on any atom is -0.283 e. The third-order valence-corrected chi connectivity index (χ3v) is 5.43. The van der Waals surface area contributed by atoms with Gasteiger partial charge in [0.25, 0.3) is 0 Å². The van der Waals surface area contributed by atoms with Gasteiger partial charge in [0.2, 0.25) is 10.0 Å². The molecule has 0 unspecified atom stereocenters. The van der Waals surface area contributed by atoms with Crippen LogP contribution in [0.25, 0.3) is 0 Å². The Bertz CT molecular complexity index is 480. The van der Waals surface area contributed by atoms with Gasteiger partial charge in [-0.3, -0.25) is 4.72 Å². The molecule has 0 saturated heterocycles. The van der Waals surface area contributed by atoms with Crippen molar-refractivity contribution in [3.05, 3.63) is 27.3 Å². The molecule has 15 heavy (non-hydrogen) atoms. The van der Waals surface area contributed by atoms with Gasteiger partial charge in [-0.15, -0.1) is 0 Å². The fraction of sp³-hybridized carbons (Fsp3) is 0.400. The topological polar surface area (TPSA) is 46.2 Å². The SMILES string of the molecule is Cc1ccc(NS(=O)(=O)C2CC2)cc1I. The number of nitrogens with one attached hydrogen (secondary N) is 1. The lowest BCUT2D eigenvalue weighted by Gasteiger charge is -2.08. The molecule has 1 aliphatic carbocycles. The van der Waals surface area contributed by atoms with E-state index in [1.807, 2.05) is 19.1 Å². The third kappa shape index (κ3) is 2.63. The van der Waals surface area contributed by atoms with E-state index in [-0.39, 0.29) is 5.25 Å². The van der Waals surface area contributed by atoms with Gasteiger partial charge >= 0.3 is 0 Å². The van der Waals surface area contributed by atoms with Crippen molar-refractivity contribution < 1.29 is 8.42 Å². The van der Waals surface area contributed by atoms with E-state index in [0.29, 0.717) is 5.69 Å². The second kappa shape index (κ2) is 3.93. The number of benzene rings is 1. The van der Waals surface area contributed by atoms with Gasteiger partial charge in [0.05, 0.1) is 5.25 Å². The molecule has 1 saturated carbocycles. The van der Waals surface area contributed by atoms with Gasteiger partial charge < -0.3 is 0 Å². The summed E-state index contributed by atoms with van der Waals surface area (Å²) in [5, 5.41) is -0.170. The fourth-order valence-corrected chi connectivity index (χ4v) is 3.18. The zero-order chi connectivity index (χ0) is 11.1. The van der Waals surface area contributed by atoms with E-state index in [9.17, 15) is 8.42 Å². The van der Waals surface area contributed by atoms with Crippen molar-refractivity contribution in [2.45, 2.75) is 25.0 Å². The normalized spacial score (nSPS) is 16.4. The molecule has 1 aromatic rings. The number of aryl methyl sites for hydroxylation is 1. The molecule has 1 aliphatic rings. The lowest BCUT2D eigenvalue weighted by molar-refractivity contribution is 0.600. The largest absolute Gasteiger partial charge is 0.283 e. The molecule has 1 aromatic carbocycles. The summed E-state index contributed by atoms with van der Waals surface area (Å²) in [6.07, 6.45) is 1.58. The van der Waals surface area contributed by atoms with Crippen LogP contribution < -0.4 is 4.72 Å². The summed E-state index contributed by atoms with van der Waals surface area (Å²) in [6, 6.07) is 5.58. The molecule has 0 spiro atoms. The molecule has 3 nitrogen and oxygen atoms in total. The van der Waals surface area contributed by atoms with Crippen molar-refractivity contribution in [1.29, 1.82) is 0 Å². The number of anilines is 1. The summed E-state index contributed by atoms with van der Waals surface area (Å²) in [7, 11) is -3.12. The van der Waals surface area contributed by atoms with E-state index in [1.165, 1.54) is 0 Å². The third-order valence-electron chi connectivity index (χ3n) is 2.40. The lowest BCUT2D eigenvalue weighted by Crippen LogP contribution is -2.17. The Morgan fingerprint density at radius 2 is 2.07 bits per heavy atom. The molecule has 2 rings (SSSR count). The minimum atomic E-state index is -3.12. The first-order valence-corrected chi connectivity index (χ1v) is 7.39. The van der Waals surface area contributed by atoms with E-state index < -0.39 is 10.0 Å². The standard InChI is InChI=1S/C10H12INO2S/c1-7-2-3-8(6-10(7)11)12-15(13,14)9-4-5-9/h2-3,6,9,12H,4-5H2,1H3. The highest BCUT2D eigenvalue weighted by molar-refractivity contribution is 14.1. The molecule has 1 fully saturated rings. The van der Waals surface area contributed by atoms with Crippen LogP contribution in [0.2, 0.25) is 0 Å². The van der Waals surface area contributed by atoms with Crippen LogP contribution >= 0.6 is 22.6 Å². The number of halogens is 1. The highest BCUT2D eigenvalue weighted by Crippen LogP contribution is 2.30. The van der Waals surface area contributed by atoms with Gasteiger partial charge in [-0.05, 0) is 60.1 Å². The Morgan fingerprint density at radius 1 is 1.40 bits per heavy atom. The second-order valence-electron chi connectivity index (χ2n) is 3.81. The van der Waals surface area contributed by atoms with Crippen molar-refractivity contribution in [1.82, 2.24) is 0 Å². The zero-order valence-corrected chi connectivity index (χ0v) is 11.3. The fourth-order valence-electron chi connectivity index (χ4n) is 1.28. The predicted octanol–water partition coefficient (Wildman–Crippen LogP) is 2.50. The highest BCUT2D eigenvalue weighted by atomic mass is 127. The Hall–Kier alpha value is -0.300. The van der Waals surface area contributed by atoms with E-state index in [2.05, 4.69) is 27.3 Å². The van der Waals surface area contributed by atoms with Crippen LogP contribution in [0.3, 0.4) is 0 Å². The molecule has 0 heterocycles. The van der Waals surface area contributed by atoms with Crippen molar-refractivity contribution in [3.63, 3.8) is 0 Å². The average molecular weight is 337 g/mol. The van der Waals surface area contributed by atoms with Gasteiger partial charge in [0.15, 0.2) is 0 Å². The average Bonchev–Trinajstić information content (AvgIpc) is 2.93. The summed E-state index contributed by atoms with van der Waals surface area (Å²) >= 11 is 2.20. The first kappa shape index (κ1) is 11.2. The van der Waals surface area contributed by atoms with Crippen molar-refractivity contribution in [2.75, 3.05) is 4.72 Å².